The lowest BCUT2D eigenvalue weighted by atomic mass is 9.82. The molecule has 2 aromatic carbocycles. The minimum atomic E-state index is -1.52. The summed E-state index contributed by atoms with van der Waals surface area (Å²) in [5.41, 5.74) is -1.05. The number of aromatic amines is 2. The molecule has 0 spiro atoms. The van der Waals surface area contributed by atoms with Crippen LogP contribution in [-0.2, 0) is 0 Å². The number of aromatic nitrogens is 3. The second-order valence-electron chi connectivity index (χ2n) is 8.00. The molecule has 0 aliphatic carbocycles. The summed E-state index contributed by atoms with van der Waals surface area (Å²) in [5.74, 6) is -4.72. The second kappa shape index (κ2) is 7.29. The Kier molecular flexibility index (Phi) is 4.87. The van der Waals surface area contributed by atoms with Crippen molar-refractivity contribution in [3.63, 3.8) is 0 Å². The smallest absolute Gasteiger partial charge is 0.333 e. The number of halogens is 3. The zero-order valence-electron chi connectivity index (χ0n) is 16.7. The van der Waals surface area contributed by atoms with Crippen LogP contribution in [0.4, 0.5) is 13.2 Å². The highest BCUT2D eigenvalue weighted by molar-refractivity contribution is 5.95. The number of benzene rings is 2. The van der Waals surface area contributed by atoms with E-state index in [1.54, 1.807) is 18.7 Å². The van der Waals surface area contributed by atoms with Gasteiger partial charge in [-0.05, 0) is 62.2 Å². The lowest BCUT2D eigenvalue weighted by Gasteiger charge is -2.36. The van der Waals surface area contributed by atoms with Gasteiger partial charge in [-0.15, -0.1) is 0 Å². The molecule has 3 aromatic rings. The van der Waals surface area contributed by atoms with Crippen LogP contribution in [0.25, 0.3) is 5.69 Å². The maximum absolute atomic E-state index is 13.7. The molecule has 2 heterocycles. The van der Waals surface area contributed by atoms with Gasteiger partial charge in [-0.2, -0.15) is 0 Å². The first kappa shape index (κ1) is 20.7. The van der Waals surface area contributed by atoms with Crippen LogP contribution in [0.3, 0.4) is 0 Å². The van der Waals surface area contributed by atoms with Crippen molar-refractivity contribution in [3.05, 3.63) is 85.9 Å². The standard InChI is InChI=1S/C21H19F3N4O3/c1-21(2)14(12-9-15(22)17(24)16(23)10-12)7-8-27(21)18(29)11-3-5-13(6-4-11)28-20(31)25-19(30)26-28/h3-6,9-10,14H,7-8H2,1-2H3,(H2,25,26,30,31). The van der Waals surface area contributed by atoms with Crippen LogP contribution in [0, 0.1) is 17.5 Å². The van der Waals surface area contributed by atoms with Crippen molar-refractivity contribution in [2.75, 3.05) is 6.54 Å². The van der Waals surface area contributed by atoms with E-state index in [1.807, 2.05) is 0 Å². The zero-order valence-corrected chi connectivity index (χ0v) is 16.7. The molecule has 1 amide bonds. The molecule has 1 saturated heterocycles. The fourth-order valence-corrected chi connectivity index (χ4v) is 4.23. The molecule has 10 heteroatoms. The van der Waals surface area contributed by atoms with E-state index >= 15 is 0 Å². The van der Waals surface area contributed by atoms with E-state index < -0.39 is 34.4 Å². The maximum Gasteiger partial charge on any atom is 0.349 e. The average molecular weight is 432 g/mol. The van der Waals surface area contributed by atoms with Gasteiger partial charge in [-0.1, -0.05) is 0 Å². The van der Waals surface area contributed by atoms with Crippen molar-refractivity contribution in [2.45, 2.75) is 31.7 Å². The molecule has 4 rings (SSSR count). The minimum Gasteiger partial charge on any atom is -0.333 e. The molecular formula is C21H19F3N4O3. The normalized spacial score (nSPS) is 17.8. The summed E-state index contributed by atoms with van der Waals surface area (Å²) in [6.45, 7) is 3.93. The van der Waals surface area contributed by atoms with Gasteiger partial charge in [-0.25, -0.2) is 32.5 Å². The van der Waals surface area contributed by atoms with E-state index in [4.69, 9.17) is 0 Å². The molecule has 2 N–H and O–H groups in total. The summed E-state index contributed by atoms with van der Waals surface area (Å²) in [6, 6.07) is 8.03. The van der Waals surface area contributed by atoms with E-state index in [0.29, 0.717) is 29.8 Å². The second-order valence-corrected chi connectivity index (χ2v) is 8.00. The Morgan fingerprint density at radius 1 is 1.06 bits per heavy atom. The third-order valence-corrected chi connectivity index (χ3v) is 5.85. The Bertz CT molecular complexity index is 1250. The van der Waals surface area contributed by atoms with Gasteiger partial charge in [0, 0.05) is 23.6 Å². The maximum atomic E-state index is 13.7. The van der Waals surface area contributed by atoms with Crippen LogP contribution in [0.1, 0.15) is 42.1 Å². The van der Waals surface area contributed by atoms with E-state index in [1.165, 1.54) is 24.3 Å². The SMILES string of the molecule is CC1(C)C(c2cc(F)c(F)c(F)c2)CCN1C(=O)c1ccc(-n2[nH]c(=O)[nH]c2=O)cc1. The first-order valence-electron chi connectivity index (χ1n) is 9.58. The van der Waals surface area contributed by atoms with Crippen LogP contribution < -0.4 is 11.4 Å². The molecule has 1 atom stereocenters. The lowest BCUT2D eigenvalue weighted by molar-refractivity contribution is 0.0635. The van der Waals surface area contributed by atoms with Gasteiger partial charge in [0.1, 0.15) is 0 Å². The number of nitrogens with zero attached hydrogens (tertiary/aromatic N) is 2. The van der Waals surface area contributed by atoms with E-state index in [2.05, 4.69) is 10.1 Å². The van der Waals surface area contributed by atoms with Crippen molar-refractivity contribution in [1.82, 2.24) is 19.7 Å². The molecule has 1 aromatic heterocycles. The zero-order chi connectivity index (χ0) is 22.5. The van der Waals surface area contributed by atoms with Gasteiger partial charge in [0.05, 0.1) is 5.69 Å². The fraction of sp³-hybridized carbons (Fsp3) is 0.286. The van der Waals surface area contributed by atoms with Gasteiger partial charge in [0.2, 0.25) is 0 Å². The molecule has 7 nitrogen and oxygen atoms in total. The topological polar surface area (TPSA) is 91.0 Å². The van der Waals surface area contributed by atoms with Crippen molar-refractivity contribution >= 4 is 5.91 Å². The average Bonchev–Trinajstić information content (AvgIpc) is 3.22. The summed E-state index contributed by atoms with van der Waals surface area (Å²) >= 11 is 0. The van der Waals surface area contributed by atoms with Crippen LogP contribution in [0.15, 0.2) is 46.0 Å². The van der Waals surface area contributed by atoms with E-state index in [0.717, 1.165) is 16.8 Å². The quantitative estimate of drug-likeness (QED) is 0.624. The van der Waals surface area contributed by atoms with Crippen molar-refractivity contribution < 1.29 is 18.0 Å². The van der Waals surface area contributed by atoms with Crippen LogP contribution in [0.5, 0.6) is 0 Å². The number of nitrogens with one attached hydrogen (secondary N) is 2. The summed E-state index contributed by atoms with van der Waals surface area (Å²) in [6.07, 6.45) is 0.460. The fourth-order valence-electron chi connectivity index (χ4n) is 4.23. The number of likely N-dealkylation sites (tertiary alicyclic amines) is 1. The predicted molar refractivity (Wildman–Crippen MR) is 106 cm³/mol. The highest BCUT2D eigenvalue weighted by Gasteiger charge is 2.45. The van der Waals surface area contributed by atoms with Gasteiger partial charge in [-0.3, -0.25) is 9.78 Å². The molecule has 1 unspecified atom stereocenters. The number of amides is 1. The van der Waals surface area contributed by atoms with E-state index in [-0.39, 0.29) is 11.8 Å². The molecular weight excluding hydrogens is 413 g/mol. The summed E-state index contributed by atoms with van der Waals surface area (Å²) in [4.78, 5) is 39.8. The lowest BCUT2D eigenvalue weighted by Crippen LogP contribution is -2.45. The molecule has 0 saturated carbocycles. The first-order valence-corrected chi connectivity index (χ1v) is 9.58. The Morgan fingerprint density at radius 3 is 2.23 bits per heavy atom. The van der Waals surface area contributed by atoms with Gasteiger partial charge < -0.3 is 4.90 Å². The number of carbonyl (C=O) groups excluding carboxylic acids is 1. The number of hydrogen-bond donors (Lipinski definition) is 2. The third-order valence-electron chi connectivity index (χ3n) is 5.85. The molecule has 1 aliphatic heterocycles. The van der Waals surface area contributed by atoms with Gasteiger partial charge in [0.15, 0.2) is 17.5 Å². The first-order chi connectivity index (χ1) is 14.6. The number of carbonyl (C=O) groups is 1. The third kappa shape index (κ3) is 3.47. The summed E-state index contributed by atoms with van der Waals surface area (Å²) in [5, 5.41) is 2.32. The molecule has 0 bridgehead atoms. The highest BCUT2D eigenvalue weighted by atomic mass is 19.2. The highest BCUT2D eigenvalue weighted by Crippen LogP contribution is 2.43. The Labute approximate surface area is 174 Å². The van der Waals surface area contributed by atoms with Crippen molar-refractivity contribution in [3.8, 4) is 5.69 Å². The largest absolute Gasteiger partial charge is 0.349 e. The molecule has 0 radical (unpaired) electrons. The Morgan fingerprint density at radius 2 is 1.68 bits per heavy atom. The molecule has 1 aliphatic rings. The van der Waals surface area contributed by atoms with Crippen LogP contribution in [-0.4, -0.2) is 37.7 Å². The molecule has 1 fully saturated rings. The van der Waals surface area contributed by atoms with Crippen molar-refractivity contribution in [1.29, 1.82) is 0 Å². The van der Waals surface area contributed by atoms with E-state index in [9.17, 15) is 27.6 Å². The molecule has 31 heavy (non-hydrogen) atoms. The number of H-pyrrole nitrogens is 2. The summed E-state index contributed by atoms with van der Waals surface area (Å²) < 4.78 is 41.8. The Balaban J connectivity index is 1.60. The minimum absolute atomic E-state index is 0.294. The van der Waals surface area contributed by atoms with Crippen LogP contribution in [0.2, 0.25) is 0 Å². The monoisotopic (exact) mass is 432 g/mol. The number of rotatable bonds is 3. The van der Waals surface area contributed by atoms with Gasteiger partial charge >= 0.3 is 11.4 Å². The van der Waals surface area contributed by atoms with Gasteiger partial charge in [0.25, 0.3) is 5.91 Å². The number of hydrogen-bond acceptors (Lipinski definition) is 3. The summed E-state index contributed by atoms with van der Waals surface area (Å²) in [7, 11) is 0. The Hall–Kier alpha value is -3.56. The van der Waals surface area contributed by atoms with Crippen LogP contribution >= 0.6 is 0 Å². The predicted octanol–water partition coefficient (Wildman–Crippen LogP) is 2.68. The van der Waals surface area contributed by atoms with Crippen molar-refractivity contribution in [2.24, 2.45) is 0 Å². The molecule has 162 valence electrons.